The minimum absolute atomic E-state index is 0.130. The third-order valence-electron chi connectivity index (χ3n) is 3.79. The Kier molecular flexibility index (Phi) is 6.78. The Balaban J connectivity index is 1.99. The van der Waals surface area contributed by atoms with Gasteiger partial charge in [-0.2, -0.15) is 0 Å². The molecule has 0 unspecified atom stereocenters. The number of anilines is 2. The molecule has 0 aliphatic carbocycles. The van der Waals surface area contributed by atoms with Crippen LogP contribution in [-0.4, -0.2) is 24.9 Å². The predicted octanol–water partition coefficient (Wildman–Crippen LogP) is 3.74. The zero-order valence-electron chi connectivity index (χ0n) is 15.8. The van der Waals surface area contributed by atoms with Gasteiger partial charge in [-0.15, -0.1) is 0 Å². The molecule has 0 atom stereocenters. The third-order valence-corrected chi connectivity index (χ3v) is 3.79. The monoisotopic (exact) mass is 353 g/mol. The number of benzene rings is 2. The van der Waals surface area contributed by atoms with E-state index in [2.05, 4.69) is 22.0 Å². The van der Waals surface area contributed by atoms with Crippen LogP contribution >= 0.6 is 0 Å². The summed E-state index contributed by atoms with van der Waals surface area (Å²) in [6.45, 7) is 8.83. The first-order chi connectivity index (χ1) is 12.3. The summed E-state index contributed by atoms with van der Waals surface area (Å²) in [7, 11) is 0. The number of carbonyl (C=O) groups is 2. The summed E-state index contributed by atoms with van der Waals surface area (Å²) in [4.78, 5) is 24.6. The van der Waals surface area contributed by atoms with Gasteiger partial charge in [-0.1, -0.05) is 32.0 Å². The molecule has 5 heteroatoms. The summed E-state index contributed by atoms with van der Waals surface area (Å²) in [5, 5.41) is 8.82. The van der Waals surface area contributed by atoms with Gasteiger partial charge in [0.2, 0.25) is 5.91 Å². The quantitative estimate of drug-likeness (QED) is 0.710. The molecule has 0 aliphatic rings. The van der Waals surface area contributed by atoms with Crippen LogP contribution in [0.15, 0.2) is 42.5 Å². The number of hydrogen-bond donors (Lipinski definition) is 3. The van der Waals surface area contributed by atoms with Crippen LogP contribution in [0.5, 0.6) is 0 Å². The number of para-hydroxylation sites is 1. The van der Waals surface area contributed by atoms with Crippen LogP contribution in [0.25, 0.3) is 0 Å². The van der Waals surface area contributed by atoms with Crippen LogP contribution in [0, 0.1) is 19.8 Å². The molecule has 0 radical (unpaired) electrons. The van der Waals surface area contributed by atoms with Crippen molar-refractivity contribution in [1.29, 1.82) is 0 Å². The summed E-state index contributed by atoms with van der Waals surface area (Å²) < 4.78 is 0. The Bertz CT molecular complexity index is 764. The smallest absolute Gasteiger partial charge is 0.253 e. The average molecular weight is 353 g/mol. The van der Waals surface area contributed by atoms with Crippen molar-refractivity contribution in [2.45, 2.75) is 27.7 Å². The highest BCUT2D eigenvalue weighted by Crippen LogP contribution is 2.16. The molecule has 0 heterocycles. The highest BCUT2D eigenvalue weighted by molar-refractivity contribution is 6.04. The molecule has 2 aromatic rings. The van der Waals surface area contributed by atoms with Crippen LogP contribution in [0.3, 0.4) is 0 Å². The fourth-order valence-corrected chi connectivity index (χ4v) is 2.64. The number of rotatable bonds is 7. The van der Waals surface area contributed by atoms with Crippen LogP contribution < -0.4 is 16.0 Å². The molecule has 0 spiro atoms. The molecule has 0 fully saturated rings. The van der Waals surface area contributed by atoms with Gasteiger partial charge < -0.3 is 16.0 Å². The van der Waals surface area contributed by atoms with Crippen molar-refractivity contribution < 1.29 is 9.59 Å². The second-order valence-electron chi connectivity index (χ2n) is 6.93. The first-order valence-corrected chi connectivity index (χ1v) is 8.84. The Morgan fingerprint density at radius 3 is 2.31 bits per heavy atom. The summed E-state index contributed by atoms with van der Waals surface area (Å²) in [6.07, 6.45) is 0. The van der Waals surface area contributed by atoms with Crippen molar-refractivity contribution in [3.8, 4) is 0 Å². The normalized spacial score (nSPS) is 10.5. The fourth-order valence-electron chi connectivity index (χ4n) is 2.64. The highest BCUT2D eigenvalue weighted by atomic mass is 16.2. The number of hydrogen-bond acceptors (Lipinski definition) is 3. The highest BCUT2D eigenvalue weighted by Gasteiger charge is 2.13. The van der Waals surface area contributed by atoms with E-state index in [1.54, 1.807) is 24.3 Å². The SMILES string of the molecule is Cc1cc(C)cc(NCC(=O)Nc2ccccc2C(=O)NCC(C)C)c1. The van der Waals surface area contributed by atoms with Crippen molar-refractivity contribution >= 4 is 23.2 Å². The van der Waals surface area contributed by atoms with Crippen molar-refractivity contribution in [2.75, 3.05) is 23.7 Å². The lowest BCUT2D eigenvalue weighted by Gasteiger charge is -2.13. The van der Waals surface area contributed by atoms with E-state index in [0.717, 1.165) is 16.8 Å². The standard InChI is InChI=1S/C21H27N3O2/c1-14(2)12-23-21(26)18-7-5-6-8-19(18)24-20(25)13-22-17-10-15(3)9-16(4)11-17/h5-11,14,22H,12-13H2,1-4H3,(H,23,26)(H,24,25). The van der Waals surface area contributed by atoms with Crippen LogP contribution in [0.2, 0.25) is 0 Å². The summed E-state index contributed by atoms with van der Waals surface area (Å²) in [5.41, 5.74) is 4.16. The summed E-state index contributed by atoms with van der Waals surface area (Å²) in [5.74, 6) is -0.0205. The molecule has 3 N–H and O–H groups in total. The Hall–Kier alpha value is -2.82. The molecule has 5 nitrogen and oxygen atoms in total. The lowest BCUT2D eigenvalue weighted by atomic mass is 10.1. The van der Waals surface area contributed by atoms with Gasteiger partial charge in [-0.3, -0.25) is 9.59 Å². The van der Waals surface area contributed by atoms with E-state index in [1.807, 2.05) is 39.8 Å². The largest absolute Gasteiger partial charge is 0.376 e. The number of nitrogens with one attached hydrogen (secondary N) is 3. The van der Waals surface area contributed by atoms with Gasteiger partial charge in [-0.25, -0.2) is 0 Å². The fraction of sp³-hybridized carbons (Fsp3) is 0.333. The third kappa shape index (κ3) is 5.92. The zero-order chi connectivity index (χ0) is 19.1. The number of aryl methyl sites for hydroxylation is 2. The van der Waals surface area contributed by atoms with Crippen LogP contribution in [0.4, 0.5) is 11.4 Å². The molecule has 0 aromatic heterocycles. The molecular weight excluding hydrogens is 326 g/mol. The van der Waals surface area contributed by atoms with E-state index < -0.39 is 0 Å². The first-order valence-electron chi connectivity index (χ1n) is 8.84. The van der Waals surface area contributed by atoms with Crippen LogP contribution in [0.1, 0.15) is 35.3 Å². The molecule has 26 heavy (non-hydrogen) atoms. The molecular formula is C21H27N3O2. The van der Waals surface area contributed by atoms with Crippen molar-refractivity contribution in [2.24, 2.45) is 5.92 Å². The topological polar surface area (TPSA) is 70.2 Å². The van der Waals surface area contributed by atoms with Gasteiger partial charge in [0.1, 0.15) is 0 Å². The van der Waals surface area contributed by atoms with E-state index in [0.29, 0.717) is 23.7 Å². The molecule has 2 rings (SSSR count). The molecule has 0 bridgehead atoms. The number of carbonyl (C=O) groups excluding carboxylic acids is 2. The first kappa shape index (κ1) is 19.5. The Labute approximate surface area is 155 Å². The molecule has 0 saturated carbocycles. The molecule has 138 valence electrons. The van der Waals surface area contributed by atoms with E-state index in [1.165, 1.54) is 0 Å². The predicted molar refractivity (Wildman–Crippen MR) is 107 cm³/mol. The van der Waals surface area contributed by atoms with Crippen LogP contribution in [-0.2, 0) is 4.79 Å². The van der Waals surface area contributed by atoms with E-state index in [-0.39, 0.29) is 18.4 Å². The summed E-state index contributed by atoms with van der Waals surface area (Å²) in [6, 6.07) is 13.1. The molecule has 0 aliphatic heterocycles. The second kappa shape index (κ2) is 9.04. The van der Waals surface area contributed by atoms with E-state index >= 15 is 0 Å². The maximum absolute atomic E-state index is 12.3. The minimum atomic E-state index is -0.201. The van der Waals surface area contributed by atoms with Gasteiger partial charge in [-0.05, 0) is 55.2 Å². The van der Waals surface area contributed by atoms with Crippen molar-refractivity contribution in [3.05, 3.63) is 59.2 Å². The zero-order valence-corrected chi connectivity index (χ0v) is 15.8. The average Bonchev–Trinajstić information content (AvgIpc) is 2.57. The van der Waals surface area contributed by atoms with Gasteiger partial charge in [0, 0.05) is 12.2 Å². The van der Waals surface area contributed by atoms with Gasteiger partial charge in [0.15, 0.2) is 0 Å². The van der Waals surface area contributed by atoms with Gasteiger partial charge >= 0.3 is 0 Å². The van der Waals surface area contributed by atoms with Gasteiger partial charge in [0.05, 0.1) is 17.8 Å². The Morgan fingerprint density at radius 1 is 1.00 bits per heavy atom. The second-order valence-corrected chi connectivity index (χ2v) is 6.93. The van der Waals surface area contributed by atoms with Crippen molar-refractivity contribution in [3.63, 3.8) is 0 Å². The van der Waals surface area contributed by atoms with E-state index in [4.69, 9.17) is 0 Å². The molecule has 2 aromatic carbocycles. The lowest BCUT2D eigenvalue weighted by Crippen LogP contribution is -2.29. The van der Waals surface area contributed by atoms with Crippen molar-refractivity contribution in [1.82, 2.24) is 5.32 Å². The number of amides is 2. The van der Waals surface area contributed by atoms with E-state index in [9.17, 15) is 9.59 Å². The van der Waals surface area contributed by atoms with Gasteiger partial charge in [0.25, 0.3) is 5.91 Å². The maximum atomic E-state index is 12.3. The maximum Gasteiger partial charge on any atom is 0.253 e. The molecule has 0 saturated heterocycles. The molecule has 2 amide bonds. The summed E-state index contributed by atoms with van der Waals surface area (Å²) >= 11 is 0. The minimum Gasteiger partial charge on any atom is -0.376 e. The lowest BCUT2D eigenvalue weighted by molar-refractivity contribution is -0.114. The Morgan fingerprint density at radius 2 is 1.65 bits per heavy atom.